The lowest BCUT2D eigenvalue weighted by atomic mass is 10.0. The van der Waals surface area contributed by atoms with Gasteiger partial charge in [-0.05, 0) is 55.8 Å². The first kappa shape index (κ1) is 26.7. The molecule has 2 aromatic heterocycles. The summed E-state index contributed by atoms with van der Waals surface area (Å²) in [5.41, 5.74) is 1.79. The number of pyridine rings is 1. The second kappa shape index (κ2) is 10.6. The van der Waals surface area contributed by atoms with Crippen LogP contribution in [0.15, 0.2) is 48.5 Å². The predicted octanol–water partition coefficient (Wildman–Crippen LogP) is 5.81. The Bertz CT molecular complexity index is 1590. The summed E-state index contributed by atoms with van der Waals surface area (Å²) in [5.74, 6) is -0.174. The molecule has 2 aromatic carbocycles. The number of ether oxygens (including phenoxy) is 2. The van der Waals surface area contributed by atoms with Crippen LogP contribution in [0.3, 0.4) is 0 Å². The average molecular weight is 564 g/mol. The molecule has 2 heterocycles. The highest BCUT2D eigenvalue weighted by atomic mass is 35.5. The molecule has 9 nitrogen and oxygen atoms in total. The summed E-state index contributed by atoms with van der Waals surface area (Å²) >= 11 is 12.3. The fraction of sp³-hybridized carbons (Fsp3) is 0.240. The van der Waals surface area contributed by atoms with Crippen molar-refractivity contribution in [3.8, 4) is 28.6 Å². The SMILES string of the molecule is CCCc1nc(Oc2ccc(Cl)cc2)ccc1-c1nn(S(C)(=O)=O)c2cc(Cl)c(O[C@@H](C)C(=O)O)cc12. The van der Waals surface area contributed by atoms with Crippen molar-refractivity contribution >= 4 is 50.1 Å². The van der Waals surface area contributed by atoms with E-state index in [0.29, 0.717) is 45.4 Å². The van der Waals surface area contributed by atoms with Gasteiger partial charge in [0.25, 0.3) is 10.0 Å². The van der Waals surface area contributed by atoms with Crippen LogP contribution in [0.4, 0.5) is 0 Å². The molecule has 0 saturated carbocycles. The maximum atomic E-state index is 12.6. The Labute approximate surface area is 223 Å². The Morgan fingerprint density at radius 2 is 1.84 bits per heavy atom. The predicted molar refractivity (Wildman–Crippen MR) is 141 cm³/mol. The zero-order valence-electron chi connectivity index (χ0n) is 20.1. The molecule has 0 aliphatic carbocycles. The first-order valence-electron chi connectivity index (χ1n) is 11.2. The van der Waals surface area contributed by atoms with Gasteiger partial charge >= 0.3 is 5.97 Å². The topological polar surface area (TPSA) is 121 Å². The largest absolute Gasteiger partial charge is 0.479 e. The fourth-order valence-electron chi connectivity index (χ4n) is 3.68. The van der Waals surface area contributed by atoms with E-state index in [1.165, 1.54) is 19.1 Å². The number of halogens is 2. The van der Waals surface area contributed by atoms with Gasteiger partial charge in [0.05, 0.1) is 22.5 Å². The molecule has 0 spiro atoms. The molecule has 37 heavy (non-hydrogen) atoms. The average Bonchev–Trinajstić information content (AvgIpc) is 3.19. The number of carbonyl (C=O) groups is 1. The molecule has 4 aromatic rings. The van der Waals surface area contributed by atoms with Crippen LogP contribution >= 0.6 is 23.2 Å². The Morgan fingerprint density at radius 1 is 1.14 bits per heavy atom. The first-order valence-corrected chi connectivity index (χ1v) is 13.8. The Kier molecular flexibility index (Phi) is 7.63. The maximum absolute atomic E-state index is 12.6. The van der Waals surface area contributed by atoms with E-state index >= 15 is 0 Å². The van der Waals surface area contributed by atoms with Gasteiger partial charge in [-0.3, -0.25) is 0 Å². The lowest BCUT2D eigenvalue weighted by Gasteiger charge is -2.13. The smallest absolute Gasteiger partial charge is 0.344 e. The fourth-order valence-corrected chi connectivity index (χ4v) is 4.74. The summed E-state index contributed by atoms with van der Waals surface area (Å²) in [6, 6.07) is 13.2. The number of fused-ring (bicyclic) bond motifs is 1. The monoisotopic (exact) mass is 563 g/mol. The molecule has 194 valence electrons. The van der Waals surface area contributed by atoms with Gasteiger partial charge in [-0.1, -0.05) is 36.5 Å². The standard InChI is InChI=1S/C25H23Cl2N3O6S/c1-4-5-20-17(10-11-23(28-20)36-16-8-6-15(26)7-9-16)24-18-12-22(35-14(2)25(31)32)19(27)13-21(18)30(29-24)37(3,33)34/h6-14H,4-5H2,1-3H3,(H,31,32)/t14-/m0/s1. The number of hydrogen-bond acceptors (Lipinski definition) is 7. The van der Waals surface area contributed by atoms with Crippen LogP contribution in [0.5, 0.6) is 17.4 Å². The van der Waals surface area contributed by atoms with E-state index in [1.54, 1.807) is 36.4 Å². The quantitative estimate of drug-likeness (QED) is 0.271. The summed E-state index contributed by atoms with van der Waals surface area (Å²) < 4.78 is 37.4. The van der Waals surface area contributed by atoms with Crippen molar-refractivity contribution in [3.63, 3.8) is 0 Å². The van der Waals surface area contributed by atoms with E-state index in [2.05, 4.69) is 10.1 Å². The highest BCUT2D eigenvalue weighted by Crippen LogP contribution is 2.38. The lowest BCUT2D eigenvalue weighted by molar-refractivity contribution is -0.144. The second-order valence-electron chi connectivity index (χ2n) is 8.30. The Hall–Kier alpha value is -3.34. The van der Waals surface area contributed by atoms with E-state index in [0.717, 1.165) is 16.8 Å². The molecule has 0 aliphatic heterocycles. The van der Waals surface area contributed by atoms with Gasteiger partial charge in [0.2, 0.25) is 5.88 Å². The van der Waals surface area contributed by atoms with Crippen molar-refractivity contribution in [2.45, 2.75) is 32.8 Å². The van der Waals surface area contributed by atoms with Gasteiger partial charge in [0, 0.05) is 22.0 Å². The minimum atomic E-state index is -3.80. The van der Waals surface area contributed by atoms with Crippen molar-refractivity contribution in [2.75, 3.05) is 6.26 Å². The summed E-state index contributed by atoms with van der Waals surface area (Å²) in [4.78, 5) is 16.0. The van der Waals surface area contributed by atoms with Gasteiger partial charge in [-0.15, -0.1) is 0 Å². The number of benzene rings is 2. The van der Waals surface area contributed by atoms with E-state index < -0.39 is 22.1 Å². The second-order valence-corrected chi connectivity index (χ2v) is 11.0. The summed E-state index contributed by atoms with van der Waals surface area (Å²) in [7, 11) is -3.80. The first-order chi connectivity index (χ1) is 17.5. The minimum Gasteiger partial charge on any atom is -0.479 e. The number of nitrogens with zero attached hydrogens (tertiary/aromatic N) is 3. The van der Waals surface area contributed by atoms with Gasteiger partial charge in [0.1, 0.15) is 17.2 Å². The number of carboxylic acids is 1. The normalized spacial score (nSPS) is 12.5. The molecule has 0 unspecified atom stereocenters. The number of aliphatic carboxylic acids is 1. The molecule has 4 rings (SSSR count). The lowest BCUT2D eigenvalue weighted by Crippen LogP contribution is -2.23. The molecule has 0 radical (unpaired) electrons. The number of carboxylic acid groups (broad SMARTS) is 1. The summed E-state index contributed by atoms with van der Waals surface area (Å²) in [6.45, 7) is 3.36. The zero-order valence-corrected chi connectivity index (χ0v) is 22.4. The highest BCUT2D eigenvalue weighted by molar-refractivity contribution is 7.89. The van der Waals surface area contributed by atoms with Gasteiger partial charge in [-0.25, -0.2) is 18.2 Å². The summed E-state index contributed by atoms with van der Waals surface area (Å²) in [6.07, 6.45) is 1.17. The molecule has 0 aliphatic rings. The van der Waals surface area contributed by atoms with Crippen LogP contribution < -0.4 is 9.47 Å². The van der Waals surface area contributed by atoms with Crippen molar-refractivity contribution in [1.29, 1.82) is 0 Å². The van der Waals surface area contributed by atoms with Crippen LogP contribution in [0, 0.1) is 0 Å². The molecular formula is C25H23Cl2N3O6S. The third kappa shape index (κ3) is 5.82. The van der Waals surface area contributed by atoms with Crippen LogP contribution in [-0.4, -0.2) is 46.0 Å². The number of rotatable bonds is 9. The summed E-state index contributed by atoms with van der Waals surface area (Å²) in [5, 5.41) is 14.7. The van der Waals surface area contributed by atoms with E-state index in [1.807, 2.05) is 6.92 Å². The Morgan fingerprint density at radius 3 is 2.46 bits per heavy atom. The third-order valence-corrected chi connectivity index (χ3v) is 6.85. The van der Waals surface area contributed by atoms with Gasteiger partial charge in [-0.2, -0.15) is 9.19 Å². The van der Waals surface area contributed by atoms with Crippen LogP contribution in [0.25, 0.3) is 22.2 Å². The number of aryl methyl sites for hydroxylation is 1. The number of hydrogen-bond donors (Lipinski definition) is 1. The van der Waals surface area contributed by atoms with E-state index in [4.69, 9.17) is 32.7 Å². The van der Waals surface area contributed by atoms with E-state index in [-0.39, 0.29) is 16.3 Å². The van der Waals surface area contributed by atoms with Crippen LogP contribution in [0.2, 0.25) is 10.0 Å². The Balaban J connectivity index is 1.87. The molecule has 12 heteroatoms. The van der Waals surface area contributed by atoms with Crippen molar-refractivity contribution < 1.29 is 27.8 Å². The van der Waals surface area contributed by atoms with Crippen molar-refractivity contribution in [1.82, 2.24) is 14.2 Å². The van der Waals surface area contributed by atoms with E-state index in [9.17, 15) is 18.3 Å². The van der Waals surface area contributed by atoms with Crippen LogP contribution in [0.1, 0.15) is 26.0 Å². The number of aromatic nitrogens is 3. The maximum Gasteiger partial charge on any atom is 0.344 e. The molecule has 0 fully saturated rings. The molecule has 0 saturated heterocycles. The molecular weight excluding hydrogens is 541 g/mol. The van der Waals surface area contributed by atoms with Crippen LogP contribution in [-0.2, 0) is 21.2 Å². The van der Waals surface area contributed by atoms with Gasteiger partial charge in [0.15, 0.2) is 6.10 Å². The van der Waals surface area contributed by atoms with Gasteiger partial charge < -0.3 is 14.6 Å². The molecule has 0 bridgehead atoms. The highest BCUT2D eigenvalue weighted by Gasteiger charge is 2.24. The molecule has 1 N–H and O–H groups in total. The van der Waals surface area contributed by atoms with Crippen molar-refractivity contribution in [2.24, 2.45) is 0 Å². The molecule has 0 amide bonds. The third-order valence-electron chi connectivity index (χ3n) is 5.39. The zero-order chi connectivity index (χ0) is 26.9. The molecule has 1 atom stereocenters. The minimum absolute atomic E-state index is 0.0515. The van der Waals surface area contributed by atoms with Crippen molar-refractivity contribution in [3.05, 3.63) is 64.3 Å².